The highest BCUT2D eigenvalue weighted by Crippen LogP contribution is 2.29. The molecular weight excluding hydrogens is 456 g/mol. The molecule has 0 bridgehead atoms. The monoisotopic (exact) mass is 476 g/mol. The van der Waals surface area contributed by atoms with Gasteiger partial charge in [-0.15, -0.1) is 0 Å². The van der Waals surface area contributed by atoms with Crippen LogP contribution in [0.15, 0.2) is 76.5 Å². The predicted molar refractivity (Wildman–Crippen MR) is 121 cm³/mol. The topological polar surface area (TPSA) is 83.6 Å². The highest BCUT2D eigenvalue weighted by molar-refractivity contribution is 7.92. The van der Waals surface area contributed by atoms with Crippen molar-refractivity contribution in [1.29, 1.82) is 0 Å². The van der Waals surface area contributed by atoms with Gasteiger partial charge in [-0.05, 0) is 60.9 Å². The minimum Gasteiger partial charge on any atom is -0.280 e. The summed E-state index contributed by atoms with van der Waals surface area (Å²) in [6.07, 6.45) is 0.554. The molecule has 3 aromatic carbocycles. The number of aryl methyl sites for hydroxylation is 1. The molecule has 0 radical (unpaired) electrons. The molecule has 162 valence electrons. The molecule has 0 amide bonds. The van der Waals surface area contributed by atoms with Crippen LogP contribution in [0.25, 0.3) is 0 Å². The number of nitrogens with one attached hydrogen (secondary N) is 1. The van der Waals surface area contributed by atoms with E-state index in [4.69, 9.17) is 11.6 Å². The molecule has 0 aromatic heterocycles. The highest BCUT2D eigenvalue weighted by atomic mass is 35.5. The number of halogens is 1. The maximum atomic E-state index is 13.0. The Morgan fingerprint density at radius 3 is 2.32 bits per heavy atom. The molecule has 0 atom stereocenters. The van der Waals surface area contributed by atoms with Gasteiger partial charge in [0.15, 0.2) is 0 Å². The Bertz CT molecular complexity index is 1340. The lowest BCUT2D eigenvalue weighted by Gasteiger charge is -2.28. The fraction of sp³-hybridized carbons (Fsp3) is 0.182. The SMILES string of the molecule is Cc1ccc(S(=O)(=O)N2CCc3ccc(NS(=O)(=O)c4ccccc4Cl)cc3C2)cc1. The van der Waals surface area contributed by atoms with Gasteiger partial charge < -0.3 is 0 Å². The van der Waals surface area contributed by atoms with Gasteiger partial charge in [0.2, 0.25) is 10.0 Å². The van der Waals surface area contributed by atoms with Gasteiger partial charge in [0, 0.05) is 18.8 Å². The maximum absolute atomic E-state index is 13.0. The smallest absolute Gasteiger partial charge is 0.263 e. The highest BCUT2D eigenvalue weighted by Gasteiger charge is 2.28. The van der Waals surface area contributed by atoms with Crippen LogP contribution in [0.4, 0.5) is 5.69 Å². The second-order valence-electron chi connectivity index (χ2n) is 7.42. The molecule has 0 unspecified atom stereocenters. The van der Waals surface area contributed by atoms with Gasteiger partial charge in [-0.3, -0.25) is 4.72 Å². The Balaban J connectivity index is 1.60. The van der Waals surface area contributed by atoms with Gasteiger partial charge in [-0.1, -0.05) is 47.5 Å². The second-order valence-corrected chi connectivity index (χ2v) is 11.4. The van der Waals surface area contributed by atoms with Crippen LogP contribution in [0.1, 0.15) is 16.7 Å². The molecule has 0 saturated carbocycles. The summed E-state index contributed by atoms with van der Waals surface area (Å²) in [6.45, 7) is 2.44. The Kier molecular flexibility index (Phi) is 5.83. The van der Waals surface area contributed by atoms with E-state index in [0.717, 1.165) is 16.7 Å². The zero-order valence-electron chi connectivity index (χ0n) is 16.7. The standard InChI is InChI=1S/C22H21ClN2O4S2/c1-16-6-10-20(11-7-16)31(28,29)25-13-12-17-8-9-19(14-18(17)15-25)24-30(26,27)22-5-3-2-4-21(22)23/h2-11,14,24H,12-13,15H2,1H3. The van der Waals surface area contributed by atoms with Gasteiger partial charge >= 0.3 is 0 Å². The number of hydrogen-bond donors (Lipinski definition) is 1. The zero-order chi connectivity index (χ0) is 22.2. The van der Waals surface area contributed by atoms with Crippen molar-refractivity contribution in [2.75, 3.05) is 11.3 Å². The number of sulfonamides is 2. The zero-order valence-corrected chi connectivity index (χ0v) is 19.1. The first-order valence-electron chi connectivity index (χ1n) is 9.63. The van der Waals surface area contributed by atoms with Crippen LogP contribution >= 0.6 is 11.6 Å². The van der Waals surface area contributed by atoms with Gasteiger partial charge in [-0.25, -0.2) is 16.8 Å². The third-order valence-corrected chi connectivity index (χ3v) is 8.96. The van der Waals surface area contributed by atoms with E-state index in [0.29, 0.717) is 18.7 Å². The van der Waals surface area contributed by atoms with Crippen molar-refractivity contribution in [3.63, 3.8) is 0 Å². The van der Waals surface area contributed by atoms with Crippen molar-refractivity contribution in [2.24, 2.45) is 0 Å². The Labute approximate surface area is 187 Å². The van der Waals surface area contributed by atoms with E-state index in [1.807, 2.05) is 13.0 Å². The molecule has 0 fully saturated rings. The summed E-state index contributed by atoms with van der Waals surface area (Å²) in [7, 11) is -7.51. The molecule has 0 aliphatic carbocycles. The molecule has 0 saturated heterocycles. The van der Waals surface area contributed by atoms with Crippen LogP contribution < -0.4 is 4.72 Å². The molecule has 1 aliphatic heterocycles. The van der Waals surface area contributed by atoms with Crippen molar-refractivity contribution in [1.82, 2.24) is 4.31 Å². The average molecular weight is 477 g/mol. The molecule has 31 heavy (non-hydrogen) atoms. The molecule has 1 heterocycles. The van der Waals surface area contributed by atoms with E-state index < -0.39 is 20.0 Å². The first-order chi connectivity index (χ1) is 14.7. The quantitative estimate of drug-likeness (QED) is 0.598. The molecule has 4 rings (SSSR count). The van der Waals surface area contributed by atoms with E-state index >= 15 is 0 Å². The van der Waals surface area contributed by atoms with Crippen molar-refractivity contribution in [3.05, 3.63) is 88.4 Å². The summed E-state index contributed by atoms with van der Waals surface area (Å²) >= 11 is 6.04. The van der Waals surface area contributed by atoms with E-state index in [1.165, 1.54) is 16.4 Å². The van der Waals surface area contributed by atoms with E-state index in [1.54, 1.807) is 48.5 Å². The summed E-state index contributed by atoms with van der Waals surface area (Å²) < 4.78 is 55.5. The number of anilines is 1. The van der Waals surface area contributed by atoms with E-state index in [9.17, 15) is 16.8 Å². The Morgan fingerprint density at radius 1 is 0.903 bits per heavy atom. The molecule has 0 spiro atoms. The van der Waals surface area contributed by atoms with Crippen molar-refractivity contribution in [3.8, 4) is 0 Å². The Hall–Kier alpha value is -2.39. The number of hydrogen-bond acceptors (Lipinski definition) is 4. The molecule has 1 aliphatic rings. The lowest BCUT2D eigenvalue weighted by molar-refractivity contribution is 0.391. The first-order valence-corrected chi connectivity index (χ1v) is 12.9. The minimum atomic E-state index is -3.87. The van der Waals surface area contributed by atoms with Crippen LogP contribution in [0.2, 0.25) is 5.02 Å². The van der Waals surface area contributed by atoms with Crippen molar-refractivity contribution < 1.29 is 16.8 Å². The van der Waals surface area contributed by atoms with Gasteiger partial charge in [-0.2, -0.15) is 4.31 Å². The fourth-order valence-electron chi connectivity index (χ4n) is 3.53. The fourth-order valence-corrected chi connectivity index (χ4v) is 6.52. The summed E-state index contributed by atoms with van der Waals surface area (Å²) in [4.78, 5) is 0.232. The van der Waals surface area contributed by atoms with Gasteiger partial charge in [0.1, 0.15) is 4.90 Å². The lowest BCUT2D eigenvalue weighted by atomic mass is 10.0. The maximum Gasteiger partial charge on any atom is 0.263 e. The normalized spacial score (nSPS) is 14.8. The average Bonchev–Trinajstić information content (AvgIpc) is 2.73. The summed E-state index contributed by atoms with van der Waals surface area (Å²) in [5.74, 6) is 0. The van der Waals surface area contributed by atoms with E-state index in [2.05, 4.69) is 4.72 Å². The van der Waals surface area contributed by atoms with Crippen LogP contribution in [-0.2, 0) is 33.0 Å². The summed E-state index contributed by atoms with van der Waals surface area (Å²) in [5, 5.41) is 0.128. The molecule has 3 aromatic rings. The number of nitrogens with zero attached hydrogens (tertiary/aromatic N) is 1. The first kappa shape index (κ1) is 21.8. The van der Waals surface area contributed by atoms with Crippen LogP contribution in [0, 0.1) is 6.92 Å². The van der Waals surface area contributed by atoms with Gasteiger partial charge in [0.05, 0.1) is 9.92 Å². The predicted octanol–water partition coefficient (Wildman–Crippen LogP) is 4.20. The molecular formula is C22H21ClN2O4S2. The third kappa shape index (κ3) is 4.48. The summed E-state index contributed by atoms with van der Waals surface area (Å²) in [6, 6.07) is 18.1. The van der Waals surface area contributed by atoms with Crippen molar-refractivity contribution >= 4 is 37.3 Å². The minimum absolute atomic E-state index is 0.0158. The van der Waals surface area contributed by atoms with Crippen molar-refractivity contribution in [2.45, 2.75) is 29.7 Å². The molecule has 1 N–H and O–H groups in total. The molecule has 9 heteroatoms. The van der Waals surface area contributed by atoms with Crippen LogP contribution in [0.3, 0.4) is 0 Å². The number of rotatable bonds is 5. The summed E-state index contributed by atoms with van der Waals surface area (Å²) in [5.41, 5.74) is 3.10. The lowest BCUT2D eigenvalue weighted by Crippen LogP contribution is -2.36. The van der Waals surface area contributed by atoms with Crippen LogP contribution in [-0.4, -0.2) is 27.7 Å². The molecule has 6 nitrogen and oxygen atoms in total. The van der Waals surface area contributed by atoms with Crippen LogP contribution in [0.5, 0.6) is 0 Å². The second kappa shape index (κ2) is 8.27. The third-order valence-electron chi connectivity index (χ3n) is 5.22. The van der Waals surface area contributed by atoms with Gasteiger partial charge in [0.25, 0.3) is 10.0 Å². The Morgan fingerprint density at radius 2 is 1.61 bits per heavy atom. The largest absolute Gasteiger partial charge is 0.280 e. The number of fused-ring (bicyclic) bond motifs is 1. The number of benzene rings is 3. The van der Waals surface area contributed by atoms with E-state index in [-0.39, 0.29) is 21.4 Å².